The zero-order chi connectivity index (χ0) is 18.0. The predicted octanol–water partition coefficient (Wildman–Crippen LogP) is 0.634. The van der Waals surface area contributed by atoms with Crippen LogP contribution in [0.1, 0.15) is 5.76 Å². The van der Waals surface area contributed by atoms with E-state index in [1.54, 1.807) is 31.5 Å². The Balaban J connectivity index is 1.81. The number of hydrogen-bond donors (Lipinski definition) is 1. The van der Waals surface area contributed by atoms with Crippen LogP contribution in [0.4, 0.5) is 0 Å². The van der Waals surface area contributed by atoms with Gasteiger partial charge in [0.1, 0.15) is 11.4 Å². The van der Waals surface area contributed by atoms with Crippen molar-refractivity contribution in [2.45, 2.75) is 11.4 Å². The molecule has 8 nitrogen and oxygen atoms in total. The summed E-state index contributed by atoms with van der Waals surface area (Å²) in [6, 6.07) is 5.19. The normalized spacial score (nSPS) is 11.0. The van der Waals surface area contributed by atoms with E-state index in [2.05, 4.69) is 10.3 Å². The van der Waals surface area contributed by atoms with Crippen LogP contribution in [0.2, 0.25) is 0 Å². The molecule has 0 saturated heterocycles. The predicted molar refractivity (Wildman–Crippen MR) is 93.5 cm³/mol. The van der Waals surface area contributed by atoms with Gasteiger partial charge >= 0.3 is 5.69 Å². The molecule has 0 aliphatic carbocycles. The fraction of sp³-hybridized carbons (Fsp3) is 0.250. The molecule has 3 aromatic heterocycles. The van der Waals surface area contributed by atoms with Crippen LogP contribution in [-0.4, -0.2) is 25.8 Å². The minimum Gasteiger partial charge on any atom is -0.467 e. The van der Waals surface area contributed by atoms with E-state index in [1.807, 2.05) is 0 Å². The first-order valence-electron chi connectivity index (χ1n) is 7.45. The molecule has 9 heteroatoms. The molecule has 3 rings (SSSR count). The molecule has 0 aliphatic heterocycles. The third-order valence-corrected chi connectivity index (χ3v) is 4.76. The molecule has 3 aromatic rings. The molecule has 0 atom stereocenters. The van der Waals surface area contributed by atoms with E-state index in [4.69, 9.17) is 4.42 Å². The van der Waals surface area contributed by atoms with Gasteiger partial charge in [-0.25, -0.2) is 9.78 Å². The van der Waals surface area contributed by atoms with Crippen molar-refractivity contribution in [3.63, 3.8) is 0 Å². The summed E-state index contributed by atoms with van der Waals surface area (Å²) in [5, 5.41) is 3.07. The van der Waals surface area contributed by atoms with Crippen LogP contribution < -0.4 is 16.6 Å². The maximum atomic E-state index is 12.4. The molecule has 0 radical (unpaired) electrons. The Kier molecular flexibility index (Phi) is 4.75. The monoisotopic (exact) mass is 360 g/mol. The summed E-state index contributed by atoms with van der Waals surface area (Å²) < 4.78 is 7.50. The Morgan fingerprint density at radius 2 is 2.08 bits per heavy atom. The van der Waals surface area contributed by atoms with Gasteiger partial charge in [0.25, 0.3) is 5.56 Å². The molecular weight excluding hydrogens is 344 g/mol. The van der Waals surface area contributed by atoms with E-state index in [-0.39, 0.29) is 11.7 Å². The number of hydrogen-bond acceptors (Lipinski definition) is 6. The number of amides is 1. The number of carbonyl (C=O) groups excluding carboxylic acids is 1. The third-order valence-electron chi connectivity index (χ3n) is 3.70. The van der Waals surface area contributed by atoms with Crippen LogP contribution in [0.3, 0.4) is 0 Å². The second-order valence-corrected chi connectivity index (χ2v) is 6.38. The van der Waals surface area contributed by atoms with Crippen LogP contribution in [0.15, 0.2) is 49.6 Å². The molecule has 0 bridgehead atoms. The quantitative estimate of drug-likeness (QED) is 0.670. The Morgan fingerprint density at radius 1 is 1.28 bits per heavy atom. The first kappa shape index (κ1) is 17.0. The zero-order valence-electron chi connectivity index (χ0n) is 13.7. The minimum atomic E-state index is -0.441. The van der Waals surface area contributed by atoms with E-state index >= 15 is 0 Å². The van der Waals surface area contributed by atoms with E-state index in [1.165, 1.54) is 29.6 Å². The van der Waals surface area contributed by atoms with Crippen molar-refractivity contribution >= 4 is 28.7 Å². The van der Waals surface area contributed by atoms with Gasteiger partial charge < -0.3 is 9.73 Å². The van der Waals surface area contributed by atoms with E-state index < -0.39 is 11.2 Å². The number of fused-ring (bicyclic) bond motifs is 1. The van der Waals surface area contributed by atoms with Gasteiger partial charge in [-0.3, -0.25) is 18.7 Å². The molecule has 3 heterocycles. The van der Waals surface area contributed by atoms with Gasteiger partial charge in [-0.1, -0.05) is 0 Å². The van der Waals surface area contributed by atoms with Crippen LogP contribution in [0.5, 0.6) is 0 Å². The highest BCUT2D eigenvalue weighted by molar-refractivity contribution is 8.00. The summed E-state index contributed by atoms with van der Waals surface area (Å²) in [5.41, 5.74) is -0.567. The third kappa shape index (κ3) is 3.36. The average Bonchev–Trinajstić information content (AvgIpc) is 3.14. The standard InChI is InChI=1S/C16H16N4O4S/c1-19-14-13(15(22)20(2)16(19)23)11(5-6-17-14)25-9-12(21)18-8-10-4-3-7-24-10/h3-7H,8-9H2,1-2H3,(H,18,21). The van der Waals surface area contributed by atoms with Gasteiger partial charge in [0.2, 0.25) is 5.91 Å². The zero-order valence-corrected chi connectivity index (χ0v) is 14.5. The lowest BCUT2D eigenvalue weighted by molar-refractivity contribution is -0.118. The molecule has 0 spiro atoms. The molecule has 1 N–H and O–H groups in total. The lowest BCUT2D eigenvalue weighted by Crippen LogP contribution is -2.37. The number of pyridine rings is 1. The fourth-order valence-corrected chi connectivity index (χ4v) is 3.24. The SMILES string of the molecule is Cn1c(=O)c2c(SCC(=O)NCc3ccco3)ccnc2n(C)c1=O. The lowest BCUT2D eigenvalue weighted by atomic mass is 10.3. The van der Waals surface area contributed by atoms with Gasteiger partial charge in [0, 0.05) is 25.2 Å². The van der Waals surface area contributed by atoms with Crippen molar-refractivity contribution in [2.75, 3.05) is 5.75 Å². The van der Waals surface area contributed by atoms with Crippen LogP contribution in [-0.2, 0) is 25.4 Å². The maximum Gasteiger partial charge on any atom is 0.332 e. The number of furan rings is 1. The molecule has 0 saturated carbocycles. The van der Waals surface area contributed by atoms with Crippen LogP contribution >= 0.6 is 11.8 Å². The largest absolute Gasteiger partial charge is 0.467 e. The van der Waals surface area contributed by atoms with Crippen molar-refractivity contribution in [1.82, 2.24) is 19.4 Å². The summed E-state index contributed by atoms with van der Waals surface area (Å²) in [6.45, 7) is 0.305. The number of nitrogens with one attached hydrogen (secondary N) is 1. The highest BCUT2D eigenvalue weighted by Crippen LogP contribution is 2.23. The number of aromatic nitrogens is 3. The van der Waals surface area contributed by atoms with E-state index in [0.717, 1.165) is 4.57 Å². The number of rotatable bonds is 5. The molecule has 1 amide bonds. The number of nitrogens with zero attached hydrogens (tertiary/aromatic N) is 3. The summed E-state index contributed by atoms with van der Waals surface area (Å²) >= 11 is 1.22. The Hall–Kier alpha value is -2.81. The second-order valence-electron chi connectivity index (χ2n) is 5.36. The second kappa shape index (κ2) is 6.98. The first-order chi connectivity index (χ1) is 12.0. The summed E-state index contributed by atoms with van der Waals surface area (Å²) in [6.07, 6.45) is 3.06. The van der Waals surface area contributed by atoms with Crippen LogP contribution in [0.25, 0.3) is 11.0 Å². The van der Waals surface area contributed by atoms with Crippen molar-refractivity contribution in [2.24, 2.45) is 14.1 Å². The highest BCUT2D eigenvalue weighted by Gasteiger charge is 2.14. The Labute approximate surface area is 146 Å². The molecular formula is C16H16N4O4S. The summed E-state index contributed by atoms with van der Waals surface area (Å²) in [4.78, 5) is 41.1. The molecule has 130 valence electrons. The van der Waals surface area contributed by atoms with Gasteiger partial charge in [-0.05, 0) is 18.2 Å². The Morgan fingerprint density at radius 3 is 2.80 bits per heavy atom. The van der Waals surface area contributed by atoms with Gasteiger partial charge in [0.15, 0.2) is 0 Å². The number of thioether (sulfide) groups is 1. The molecule has 0 aliphatic rings. The van der Waals surface area contributed by atoms with E-state index in [0.29, 0.717) is 28.2 Å². The molecule has 0 unspecified atom stereocenters. The van der Waals surface area contributed by atoms with Crippen molar-refractivity contribution in [3.05, 3.63) is 57.3 Å². The summed E-state index contributed by atoms with van der Waals surface area (Å²) in [7, 11) is 2.98. The average molecular weight is 360 g/mol. The van der Waals surface area contributed by atoms with Gasteiger partial charge in [-0.2, -0.15) is 0 Å². The Bertz CT molecular complexity index is 1040. The van der Waals surface area contributed by atoms with E-state index in [9.17, 15) is 14.4 Å². The van der Waals surface area contributed by atoms with Crippen molar-refractivity contribution in [1.29, 1.82) is 0 Å². The van der Waals surface area contributed by atoms with Crippen molar-refractivity contribution < 1.29 is 9.21 Å². The smallest absolute Gasteiger partial charge is 0.332 e. The fourth-order valence-electron chi connectivity index (χ4n) is 2.37. The molecule has 25 heavy (non-hydrogen) atoms. The number of aryl methyl sites for hydroxylation is 1. The first-order valence-corrected chi connectivity index (χ1v) is 8.44. The topological polar surface area (TPSA) is 99.1 Å². The maximum absolute atomic E-state index is 12.4. The van der Waals surface area contributed by atoms with Crippen LogP contribution in [0, 0.1) is 0 Å². The summed E-state index contributed by atoms with van der Waals surface area (Å²) in [5.74, 6) is 0.607. The lowest BCUT2D eigenvalue weighted by Gasteiger charge is -2.10. The van der Waals surface area contributed by atoms with Crippen molar-refractivity contribution in [3.8, 4) is 0 Å². The highest BCUT2D eigenvalue weighted by atomic mass is 32.2. The molecule has 0 fully saturated rings. The minimum absolute atomic E-state index is 0.131. The van der Waals surface area contributed by atoms with Gasteiger partial charge in [0.05, 0.1) is 23.9 Å². The molecule has 0 aromatic carbocycles. The van der Waals surface area contributed by atoms with Gasteiger partial charge in [-0.15, -0.1) is 11.8 Å². The number of carbonyl (C=O) groups is 1.